The van der Waals surface area contributed by atoms with Gasteiger partial charge in [-0.25, -0.2) is 0 Å². The summed E-state index contributed by atoms with van der Waals surface area (Å²) in [5.41, 5.74) is 24.4. The molecule has 4 aromatic rings. The predicted octanol–water partition coefficient (Wildman–Crippen LogP) is 2.84. The zero-order chi connectivity index (χ0) is 46.1. The van der Waals surface area contributed by atoms with Gasteiger partial charge in [0.25, 0.3) is 0 Å². The van der Waals surface area contributed by atoms with Gasteiger partial charge in [0.15, 0.2) is 0 Å². The first kappa shape index (κ1) is 49.5. The average Bonchev–Trinajstić information content (AvgIpc) is 3.29. The van der Waals surface area contributed by atoms with Crippen molar-refractivity contribution in [2.45, 2.75) is 25.7 Å². The summed E-state index contributed by atoms with van der Waals surface area (Å²) in [4.78, 5) is 28.0. The molecule has 4 aromatic carbocycles. The number of nitrogens with zero attached hydrogens (tertiary/aromatic N) is 2. The number of hydrogen-bond donors (Lipinski definition) is 10. The van der Waals surface area contributed by atoms with Crippen LogP contribution in [0.25, 0.3) is 0 Å². The fraction of sp³-hybridized carbons (Fsp3) is 0.348. The molecule has 18 heteroatoms. The van der Waals surface area contributed by atoms with Crippen LogP contribution in [-0.4, -0.2) is 124 Å². The summed E-state index contributed by atoms with van der Waals surface area (Å²) in [7, 11) is 0. The van der Waals surface area contributed by atoms with Crippen molar-refractivity contribution in [1.82, 2.24) is 20.4 Å². The van der Waals surface area contributed by atoms with Gasteiger partial charge in [0, 0.05) is 61.5 Å². The van der Waals surface area contributed by atoms with Gasteiger partial charge in [-0.2, -0.15) is 0 Å². The van der Waals surface area contributed by atoms with Gasteiger partial charge in [-0.15, -0.1) is 0 Å². The molecule has 14 N–H and O–H groups in total. The Morgan fingerprint density at radius 1 is 0.422 bits per heavy atom. The SMILES string of the molecule is N=C(N)c1ccc(OCCCN2CCN(CCCOc3ccc(C(=N)N)cc3)C(=O)C2=O)cc1.N=C(N)c1ccc(OCCCNCCNCCCOc2ccc(C(=N)N)cc2)cc1. The van der Waals surface area contributed by atoms with Gasteiger partial charge in [0.1, 0.15) is 46.3 Å². The molecule has 342 valence electrons. The normalized spacial score (nSPS) is 12.2. The number of nitrogens with two attached hydrogens (primary N) is 4. The van der Waals surface area contributed by atoms with Crippen molar-refractivity contribution in [1.29, 1.82) is 21.6 Å². The number of hydrogen-bond acceptors (Lipinski definition) is 12. The number of nitrogens with one attached hydrogen (secondary N) is 6. The summed E-state index contributed by atoms with van der Waals surface area (Å²) >= 11 is 0. The molecule has 1 aliphatic heterocycles. The summed E-state index contributed by atoms with van der Waals surface area (Å²) in [5.74, 6) is 2.06. The largest absolute Gasteiger partial charge is 0.494 e. The van der Waals surface area contributed by atoms with E-state index >= 15 is 0 Å². The van der Waals surface area contributed by atoms with Gasteiger partial charge < -0.3 is 62.3 Å². The third-order valence-electron chi connectivity index (χ3n) is 9.75. The summed E-state index contributed by atoms with van der Waals surface area (Å²) in [6, 6.07) is 28.3. The molecule has 0 spiro atoms. The first-order valence-corrected chi connectivity index (χ1v) is 21.2. The molecule has 0 bridgehead atoms. The van der Waals surface area contributed by atoms with Gasteiger partial charge in [-0.1, -0.05) is 0 Å². The van der Waals surface area contributed by atoms with Crippen LogP contribution in [0, 0.1) is 21.6 Å². The number of nitrogen functional groups attached to an aromatic ring is 4. The first-order valence-electron chi connectivity index (χ1n) is 21.2. The van der Waals surface area contributed by atoms with Crippen molar-refractivity contribution in [3.05, 3.63) is 119 Å². The molecule has 1 aliphatic rings. The molecular weight excluding hydrogens is 817 g/mol. The van der Waals surface area contributed by atoms with E-state index in [0.29, 0.717) is 99.2 Å². The van der Waals surface area contributed by atoms with Crippen LogP contribution in [0.1, 0.15) is 47.9 Å². The van der Waals surface area contributed by atoms with E-state index in [-0.39, 0.29) is 23.3 Å². The quantitative estimate of drug-likeness (QED) is 0.0179. The Hall–Kier alpha value is -7.18. The zero-order valence-electron chi connectivity index (χ0n) is 36.2. The van der Waals surface area contributed by atoms with E-state index in [1.807, 2.05) is 24.3 Å². The standard InChI is InChI=1S/C24H30N6O4.C22H32N6O2/c25-21(26)17-3-7-19(8-4-17)33-15-1-11-29-13-14-30(24(32)23(29)31)12-2-16-34-20-9-5-18(6-10-20)22(27)28;23-21(24)17-3-7-19(8-4-17)29-15-1-11-27-13-14-28-12-2-16-30-20-9-5-18(6-10-20)22(25)26/h3-10H,1-2,11-16H2,(H3,25,26)(H3,27,28);3-10,27-28H,1-2,11-16H2,(H3,23,24)(H3,25,26). The van der Waals surface area contributed by atoms with Crippen molar-refractivity contribution in [3.63, 3.8) is 0 Å². The smallest absolute Gasteiger partial charge is 0.312 e. The van der Waals surface area contributed by atoms with Crippen molar-refractivity contribution in [2.24, 2.45) is 22.9 Å². The Morgan fingerprint density at radius 2 is 0.672 bits per heavy atom. The topological polar surface area (TPSA) is 301 Å². The fourth-order valence-corrected chi connectivity index (χ4v) is 6.16. The number of carbonyl (C=O) groups excluding carboxylic acids is 2. The van der Waals surface area contributed by atoms with Crippen LogP contribution in [0.5, 0.6) is 23.0 Å². The number of piperazine rings is 1. The van der Waals surface area contributed by atoms with Gasteiger partial charge in [-0.3, -0.25) is 31.2 Å². The van der Waals surface area contributed by atoms with Crippen LogP contribution < -0.4 is 52.5 Å². The van der Waals surface area contributed by atoms with E-state index in [0.717, 1.165) is 50.5 Å². The van der Waals surface area contributed by atoms with Gasteiger partial charge in [-0.05, 0) is 136 Å². The molecule has 1 fully saturated rings. The lowest BCUT2D eigenvalue weighted by Crippen LogP contribution is -2.54. The molecule has 0 radical (unpaired) electrons. The van der Waals surface area contributed by atoms with E-state index in [4.69, 9.17) is 63.5 Å². The Bertz CT molecular complexity index is 1950. The molecule has 5 rings (SSSR count). The van der Waals surface area contributed by atoms with Crippen molar-refractivity contribution < 1.29 is 28.5 Å². The minimum Gasteiger partial charge on any atom is -0.494 e. The highest BCUT2D eigenvalue weighted by molar-refractivity contribution is 6.35. The third-order valence-corrected chi connectivity index (χ3v) is 9.75. The highest BCUT2D eigenvalue weighted by Gasteiger charge is 2.31. The number of carbonyl (C=O) groups is 2. The van der Waals surface area contributed by atoms with E-state index in [9.17, 15) is 9.59 Å². The highest BCUT2D eigenvalue weighted by Crippen LogP contribution is 2.16. The monoisotopic (exact) mass is 878 g/mol. The molecule has 0 aromatic heterocycles. The van der Waals surface area contributed by atoms with E-state index < -0.39 is 11.8 Å². The van der Waals surface area contributed by atoms with E-state index in [1.165, 1.54) is 0 Å². The molecule has 0 unspecified atom stereocenters. The second-order valence-corrected chi connectivity index (χ2v) is 14.6. The summed E-state index contributed by atoms with van der Waals surface area (Å²) < 4.78 is 22.7. The maximum absolute atomic E-state index is 12.4. The lowest BCUT2D eigenvalue weighted by atomic mass is 10.2. The third kappa shape index (κ3) is 17.7. The van der Waals surface area contributed by atoms with Crippen molar-refractivity contribution >= 4 is 35.2 Å². The second-order valence-electron chi connectivity index (χ2n) is 14.6. The van der Waals surface area contributed by atoms with Crippen LogP contribution in [-0.2, 0) is 9.59 Å². The molecule has 0 saturated carbocycles. The number of amidine groups is 4. The average molecular weight is 879 g/mol. The molecule has 18 nitrogen and oxygen atoms in total. The van der Waals surface area contributed by atoms with E-state index in [1.54, 1.807) is 82.6 Å². The minimum absolute atomic E-state index is 0.00170. The maximum Gasteiger partial charge on any atom is 0.312 e. The minimum atomic E-state index is -0.488. The molecule has 2 amide bonds. The van der Waals surface area contributed by atoms with Crippen LogP contribution in [0.3, 0.4) is 0 Å². The maximum atomic E-state index is 12.4. The van der Waals surface area contributed by atoms with Gasteiger partial charge in [0.2, 0.25) is 0 Å². The van der Waals surface area contributed by atoms with Crippen LogP contribution in [0.4, 0.5) is 0 Å². The van der Waals surface area contributed by atoms with E-state index in [2.05, 4.69) is 10.6 Å². The summed E-state index contributed by atoms with van der Waals surface area (Å²) in [6.07, 6.45) is 3.04. The van der Waals surface area contributed by atoms with Gasteiger partial charge >= 0.3 is 11.8 Å². The Labute approximate surface area is 374 Å². The van der Waals surface area contributed by atoms with Crippen LogP contribution >= 0.6 is 0 Å². The second kappa shape index (κ2) is 27.0. The lowest BCUT2D eigenvalue weighted by Gasteiger charge is -2.33. The fourth-order valence-electron chi connectivity index (χ4n) is 6.16. The molecule has 0 atom stereocenters. The van der Waals surface area contributed by atoms with Crippen LogP contribution in [0.15, 0.2) is 97.1 Å². The molecular formula is C46H62N12O6. The van der Waals surface area contributed by atoms with Crippen molar-refractivity contribution in [2.75, 3.05) is 78.8 Å². The number of amides is 2. The predicted molar refractivity (Wildman–Crippen MR) is 249 cm³/mol. The lowest BCUT2D eigenvalue weighted by molar-refractivity contribution is -0.156. The summed E-state index contributed by atoms with van der Waals surface area (Å²) in [5, 5.41) is 36.3. The number of rotatable bonds is 27. The Balaban J connectivity index is 0.000000283. The van der Waals surface area contributed by atoms with Crippen molar-refractivity contribution in [3.8, 4) is 23.0 Å². The number of benzene rings is 4. The molecule has 1 saturated heterocycles. The van der Waals surface area contributed by atoms with Gasteiger partial charge in [0.05, 0.1) is 26.4 Å². The molecule has 1 heterocycles. The Kier molecular flexibility index (Phi) is 20.9. The molecule has 64 heavy (non-hydrogen) atoms. The first-order chi connectivity index (χ1) is 30.9. The Morgan fingerprint density at radius 3 is 0.922 bits per heavy atom. The zero-order valence-corrected chi connectivity index (χ0v) is 36.2. The van der Waals surface area contributed by atoms with Crippen LogP contribution in [0.2, 0.25) is 0 Å². The highest BCUT2D eigenvalue weighted by atomic mass is 16.5. The molecule has 0 aliphatic carbocycles. The number of ether oxygens (including phenoxy) is 4. The summed E-state index contributed by atoms with van der Waals surface area (Å²) in [6.45, 7) is 7.58.